The summed E-state index contributed by atoms with van der Waals surface area (Å²) in [4.78, 5) is 20.1. The van der Waals surface area contributed by atoms with Crippen LogP contribution in [0.15, 0.2) is 88.0 Å². The van der Waals surface area contributed by atoms with Gasteiger partial charge in [-0.1, -0.05) is 42.5 Å². The molecule has 1 N–H and O–H groups in total. The number of thiophene rings is 1. The Kier molecular flexibility index (Phi) is 5.14. The third-order valence-electron chi connectivity index (χ3n) is 4.79. The molecule has 8 nitrogen and oxygen atoms in total. The maximum Gasteiger partial charge on any atom is 0.270 e. The van der Waals surface area contributed by atoms with E-state index in [0.717, 1.165) is 21.3 Å². The zero-order valence-electron chi connectivity index (χ0n) is 16.5. The number of furan rings is 1. The lowest BCUT2D eigenvalue weighted by atomic mass is 10.1. The number of non-ortho nitro benzene ring substituents is 1. The number of nitro groups is 1. The van der Waals surface area contributed by atoms with Gasteiger partial charge in [0.1, 0.15) is 22.7 Å². The first-order valence-electron chi connectivity index (χ1n) is 9.60. The van der Waals surface area contributed by atoms with Crippen molar-refractivity contribution >= 4 is 39.3 Å². The van der Waals surface area contributed by atoms with Gasteiger partial charge in [-0.15, -0.1) is 11.3 Å². The summed E-state index contributed by atoms with van der Waals surface area (Å²) >= 11 is 1.55. The molecule has 0 spiro atoms. The number of anilines is 1. The Morgan fingerprint density at radius 1 is 1.03 bits per heavy atom. The van der Waals surface area contributed by atoms with Crippen LogP contribution in [0.25, 0.3) is 32.7 Å². The molecule has 5 rings (SSSR count). The van der Waals surface area contributed by atoms with Crippen molar-refractivity contribution in [2.75, 3.05) is 5.43 Å². The molecule has 0 aliphatic rings. The van der Waals surface area contributed by atoms with Gasteiger partial charge >= 0.3 is 0 Å². The van der Waals surface area contributed by atoms with E-state index >= 15 is 0 Å². The monoisotopic (exact) mass is 441 g/mol. The van der Waals surface area contributed by atoms with Crippen LogP contribution in [0, 0.1) is 10.1 Å². The Balaban J connectivity index is 1.39. The Morgan fingerprint density at radius 2 is 1.88 bits per heavy atom. The molecule has 0 saturated heterocycles. The minimum absolute atomic E-state index is 0.00791. The van der Waals surface area contributed by atoms with Gasteiger partial charge in [0.15, 0.2) is 5.82 Å². The molecule has 0 saturated carbocycles. The summed E-state index contributed by atoms with van der Waals surface area (Å²) in [6.07, 6.45) is 3.03. The van der Waals surface area contributed by atoms with Crippen molar-refractivity contribution in [1.29, 1.82) is 0 Å². The highest BCUT2D eigenvalue weighted by Gasteiger charge is 2.13. The Bertz CT molecular complexity index is 1440. The average molecular weight is 441 g/mol. The van der Waals surface area contributed by atoms with Crippen molar-refractivity contribution in [2.24, 2.45) is 5.10 Å². The lowest BCUT2D eigenvalue weighted by Gasteiger charge is -2.04. The van der Waals surface area contributed by atoms with Crippen LogP contribution in [-0.2, 0) is 0 Å². The molecule has 0 aliphatic heterocycles. The number of hydrazone groups is 1. The van der Waals surface area contributed by atoms with Crippen LogP contribution in [0.1, 0.15) is 5.76 Å². The number of rotatable bonds is 6. The third-order valence-corrected chi connectivity index (χ3v) is 5.67. The van der Waals surface area contributed by atoms with E-state index in [4.69, 9.17) is 4.42 Å². The molecule has 3 heterocycles. The summed E-state index contributed by atoms with van der Waals surface area (Å²) in [6.45, 7) is 0. The molecule has 0 fully saturated rings. The molecule has 3 aromatic heterocycles. The normalized spacial score (nSPS) is 11.2. The number of fused-ring (bicyclic) bond motifs is 1. The standard InChI is InChI=1S/C23H15N5O3S/c29-28(30)17-8-4-7-16(11-17)20-10-9-18(31-20)12-26-27-22-21-19(15-5-2-1-3-6-15)13-32-23(21)25-14-24-22/h1-14H,(H,24,25,27)/b26-12-. The Labute approximate surface area is 186 Å². The average Bonchev–Trinajstić information content (AvgIpc) is 3.48. The number of benzene rings is 2. The van der Waals surface area contributed by atoms with Gasteiger partial charge in [0, 0.05) is 28.6 Å². The largest absolute Gasteiger partial charge is 0.455 e. The third kappa shape index (κ3) is 3.84. The second-order valence-corrected chi connectivity index (χ2v) is 7.66. The molecule has 2 aromatic carbocycles. The molecule has 0 amide bonds. The van der Waals surface area contributed by atoms with Gasteiger partial charge < -0.3 is 4.42 Å². The van der Waals surface area contributed by atoms with Crippen LogP contribution >= 0.6 is 11.3 Å². The molecule has 0 bridgehead atoms. The number of nitrogens with one attached hydrogen (secondary N) is 1. The van der Waals surface area contributed by atoms with Crippen molar-refractivity contribution < 1.29 is 9.34 Å². The molecule has 0 unspecified atom stereocenters. The lowest BCUT2D eigenvalue weighted by molar-refractivity contribution is -0.384. The van der Waals surface area contributed by atoms with Crippen LogP contribution in [0.3, 0.4) is 0 Å². The van der Waals surface area contributed by atoms with Gasteiger partial charge in [0.05, 0.1) is 16.5 Å². The zero-order chi connectivity index (χ0) is 21.9. The van der Waals surface area contributed by atoms with Gasteiger partial charge in [0.2, 0.25) is 0 Å². The van der Waals surface area contributed by atoms with E-state index in [1.165, 1.54) is 24.7 Å². The number of aromatic nitrogens is 2. The molecule has 9 heteroatoms. The van der Waals surface area contributed by atoms with E-state index in [0.29, 0.717) is 22.9 Å². The smallest absolute Gasteiger partial charge is 0.270 e. The summed E-state index contributed by atoms with van der Waals surface area (Å²) in [5.41, 5.74) is 5.72. The molecular weight excluding hydrogens is 426 g/mol. The van der Waals surface area contributed by atoms with Gasteiger partial charge in [-0.05, 0) is 17.7 Å². The Morgan fingerprint density at radius 3 is 2.72 bits per heavy atom. The fourth-order valence-electron chi connectivity index (χ4n) is 3.30. The summed E-state index contributed by atoms with van der Waals surface area (Å²) in [6, 6.07) is 19.8. The fourth-order valence-corrected chi connectivity index (χ4v) is 4.21. The SMILES string of the molecule is O=[N+]([O-])c1cccc(-c2ccc(/C=N\Nc3ncnc4scc(-c5ccccc5)c34)o2)c1. The van der Waals surface area contributed by atoms with Gasteiger partial charge in [-0.25, -0.2) is 9.97 Å². The van der Waals surface area contributed by atoms with Crippen molar-refractivity contribution in [2.45, 2.75) is 0 Å². The topological polar surface area (TPSA) is 106 Å². The highest BCUT2D eigenvalue weighted by atomic mass is 32.1. The first-order chi connectivity index (χ1) is 15.7. The van der Waals surface area contributed by atoms with Crippen LogP contribution in [0.2, 0.25) is 0 Å². The predicted molar refractivity (Wildman–Crippen MR) is 125 cm³/mol. The predicted octanol–water partition coefficient (Wildman–Crippen LogP) is 5.97. The van der Waals surface area contributed by atoms with E-state index in [1.807, 2.05) is 30.3 Å². The second-order valence-electron chi connectivity index (χ2n) is 6.80. The highest BCUT2D eigenvalue weighted by molar-refractivity contribution is 7.17. The van der Waals surface area contributed by atoms with Gasteiger partial charge in [-0.2, -0.15) is 5.10 Å². The number of nitrogens with zero attached hydrogens (tertiary/aromatic N) is 4. The summed E-state index contributed by atoms with van der Waals surface area (Å²) in [5.74, 6) is 1.61. The first kappa shape index (κ1) is 19.6. The van der Waals surface area contributed by atoms with Crippen molar-refractivity contribution in [3.63, 3.8) is 0 Å². The number of hydrogen-bond donors (Lipinski definition) is 1. The van der Waals surface area contributed by atoms with E-state index < -0.39 is 4.92 Å². The van der Waals surface area contributed by atoms with Crippen LogP contribution in [-0.4, -0.2) is 21.1 Å². The maximum absolute atomic E-state index is 11.0. The van der Waals surface area contributed by atoms with Crippen LogP contribution < -0.4 is 5.43 Å². The summed E-state index contributed by atoms with van der Waals surface area (Å²) in [5, 5.41) is 18.2. The lowest BCUT2D eigenvalue weighted by Crippen LogP contribution is -1.95. The molecule has 32 heavy (non-hydrogen) atoms. The van der Waals surface area contributed by atoms with Crippen LogP contribution in [0.5, 0.6) is 0 Å². The minimum atomic E-state index is -0.435. The van der Waals surface area contributed by atoms with E-state index in [2.05, 4.69) is 25.9 Å². The second kappa shape index (κ2) is 8.40. The first-order valence-corrected chi connectivity index (χ1v) is 10.5. The number of hydrogen-bond acceptors (Lipinski definition) is 8. The quantitative estimate of drug-likeness (QED) is 0.198. The van der Waals surface area contributed by atoms with E-state index in [-0.39, 0.29) is 5.69 Å². The maximum atomic E-state index is 11.0. The number of nitro benzene ring substituents is 1. The van der Waals surface area contributed by atoms with Crippen molar-refractivity contribution in [1.82, 2.24) is 9.97 Å². The summed E-state index contributed by atoms with van der Waals surface area (Å²) < 4.78 is 5.77. The zero-order valence-corrected chi connectivity index (χ0v) is 17.3. The molecule has 156 valence electrons. The van der Waals surface area contributed by atoms with Crippen LogP contribution in [0.4, 0.5) is 11.5 Å². The van der Waals surface area contributed by atoms with Crippen molar-refractivity contribution in [3.05, 3.63) is 94.3 Å². The molecular formula is C23H15N5O3S. The molecule has 0 atom stereocenters. The highest BCUT2D eigenvalue weighted by Crippen LogP contribution is 2.36. The van der Waals surface area contributed by atoms with Crippen molar-refractivity contribution in [3.8, 4) is 22.5 Å². The summed E-state index contributed by atoms with van der Waals surface area (Å²) in [7, 11) is 0. The van der Waals surface area contributed by atoms with Gasteiger partial charge in [-0.3, -0.25) is 15.5 Å². The molecule has 0 aliphatic carbocycles. The minimum Gasteiger partial charge on any atom is -0.455 e. The molecule has 5 aromatic rings. The fraction of sp³-hybridized carbons (Fsp3) is 0. The Hall–Kier alpha value is -4.37. The molecule has 0 radical (unpaired) electrons. The van der Waals surface area contributed by atoms with E-state index in [1.54, 1.807) is 35.6 Å². The van der Waals surface area contributed by atoms with Gasteiger partial charge in [0.25, 0.3) is 5.69 Å². The van der Waals surface area contributed by atoms with E-state index in [9.17, 15) is 10.1 Å².